The van der Waals surface area contributed by atoms with Crippen LogP contribution in [0.2, 0.25) is 0 Å². The number of carboxylic acids is 1. The first-order chi connectivity index (χ1) is 7.49. The Balaban J connectivity index is 3.83. The molecule has 1 N–H and O–H groups in total. The average Bonchev–Trinajstić information content (AvgIpc) is 2.23. The third-order valence-electron chi connectivity index (χ3n) is 1.58. The van der Waals surface area contributed by atoms with E-state index < -0.39 is 17.9 Å². The van der Waals surface area contributed by atoms with E-state index in [0.717, 1.165) is 0 Å². The Labute approximate surface area is 92.8 Å². The standard InChI is InChI=1S/C10H14O6/c1-3-15-9(13)10(14)16-6-4-5-7(2)8(11)12/h5H,3-4,6H2,1-2H3,(H,11,12). The molecule has 0 aliphatic heterocycles. The highest BCUT2D eigenvalue weighted by Crippen LogP contribution is 1.96. The number of aliphatic carboxylic acids is 1. The molecule has 0 radical (unpaired) electrons. The van der Waals surface area contributed by atoms with Crippen molar-refractivity contribution in [2.75, 3.05) is 13.2 Å². The topological polar surface area (TPSA) is 89.9 Å². The predicted octanol–water partition coefficient (Wildman–Crippen LogP) is 0.514. The summed E-state index contributed by atoms with van der Waals surface area (Å²) in [5, 5.41) is 8.50. The predicted molar refractivity (Wildman–Crippen MR) is 53.6 cm³/mol. The van der Waals surface area contributed by atoms with Crippen molar-refractivity contribution in [1.82, 2.24) is 0 Å². The van der Waals surface area contributed by atoms with Gasteiger partial charge in [0.1, 0.15) is 0 Å². The molecule has 0 heterocycles. The highest BCUT2D eigenvalue weighted by atomic mass is 16.6. The molecule has 16 heavy (non-hydrogen) atoms. The van der Waals surface area contributed by atoms with Gasteiger partial charge in [0.05, 0.1) is 13.2 Å². The Bertz CT molecular complexity index is 304. The number of ether oxygens (including phenoxy) is 2. The number of hydrogen-bond donors (Lipinski definition) is 1. The first-order valence-corrected chi connectivity index (χ1v) is 4.73. The van der Waals surface area contributed by atoms with Crippen LogP contribution in [-0.2, 0) is 23.9 Å². The maximum atomic E-state index is 10.9. The van der Waals surface area contributed by atoms with Gasteiger partial charge in [0.15, 0.2) is 0 Å². The van der Waals surface area contributed by atoms with Crippen molar-refractivity contribution in [1.29, 1.82) is 0 Å². The lowest BCUT2D eigenvalue weighted by molar-refractivity contribution is -0.167. The van der Waals surface area contributed by atoms with Crippen molar-refractivity contribution in [3.63, 3.8) is 0 Å². The number of esters is 2. The van der Waals surface area contributed by atoms with Crippen LogP contribution in [0.4, 0.5) is 0 Å². The molecule has 0 aliphatic rings. The highest BCUT2D eigenvalue weighted by Gasteiger charge is 2.15. The van der Waals surface area contributed by atoms with E-state index in [9.17, 15) is 14.4 Å². The summed E-state index contributed by atoms with van der Waals surface area (Å²) in [5.41, 5.74) is 0.159. The molecule has 0 spiro atoms. The van der Waals surface area contributed by atoms with Crippen molar-refractivity contribution < 1.29 is 29.0 Å². The molecule has 0 bridgehead atoms. The number of carboxylic acid groups (broad SMARTS) is 1. The number of carbonyl (C=O) groups excluding carboxylic acids is 2. The van der Waals surface area contributed by atoms with Gasteiger partial charge in [0, 0.05) is 12.0 Å². The van der Waals surface area contributed by atoms with Crippen molar-refractivity contribution >= 4 is 17.9 Å². The van der Waals surface area contributed by atoms with Crippen LogP contribution in [0, 0.1) is 0 Å². The Morgan fingerprint density at radius 1 is 1.19 bits per heavy atom. The molecule has 6 heteroatoms. The van der Waals surface area contributed by atoms with Gasteiger partial charge in [-0.3, -0.25) is 0 Å². The maximum Gasteiger partial charge on any atom is 0.417 e. The van der Waals surface area contributed by atoms with E-state index in [4.69, 9.17) is 5.11 Å². The zero-order valence-corrected chi connectivity index (χ0v) is 9.19. The van der Waals surface area contributed by atoms with Crippen LogP contribution in [0.5, 0.6) is 0 Å². The van der Waals surface area contributed by atoms with E-state index in [-0.39, 0.29) is 25.2 Å². The molecule has 6 nitrogen and oxygen atoms in total. The Kier molecular flexibility index (Phi) is 6.58. The Hall–Kier alpha value is -1.85. The SMILES string of the molecule is CCOC(=O)C(=O)OCCC=C(C)C(=O)O. The Morgan fingerprint density at radius 2 is 1.75 bits per heavy atom. The molecule has 0 rings (SSSR count). The average molecular weight is 230 g/mol. The van der Waals surface area contributed by atoms with Crippen molar-refractivity contribution in [3.05, 3.63) is 11.6 Å². The van der Waals surface area contributed by atoms with Crippen LogP contribution >= 0.6 is 0 Å². The quantitative estimate of drug-likeness (QED) is 0.320. The molecule has 0 fully saturated rings. The largest absolute Gasteiger partial charge is 0.478 e. The van der Waals surface area contributed by atoms with Crippen LogP contribution in [0.3, 0.4) is 0 Å². The van der Waals surface area contributed by atoms with Gasteiger partial charge in [-0.25, -0.2) is 14.4 Å². The number of hydrogen-bond acceptors (Lipinski definition) is 5. The van der Waals surface area contributed by atoms with Crippen molar-refractivity contribution in [2.45, 2.75) is 20.3 Å². The van der Waals surface area contributed by atoms with Gasteiger partial charge >= 0.3 is 17.9 Å². The van der Waals surface area contributed by atoms with Crippen LogP contribution in [-0.4, -0.2) is 36.2 Å². The van der Waals surface area contributed by atoms with Gasteiger partial charge in [-0.1, -0.05) is 6.08 Å². The van der Waals surface area contributed by atoms with E-state index in [1.807, 2.05) is 0 Å². The van der Waals surface area contributed by atoms with Gasteiger partial charge in [0.2, 0.25) is 0 Å². The molecule has 0 atom stereocenters. The molecular weight excluding hydrogens is 216 g/mol. The molecule has 0 saturated heterocycles. The third kappa shape index (κ3) is 5.79. The molecule has 0 aliphatic carbocycles. The smallest absolute Gasteiger partial charge is 0.417 e. The molecule has 0 aromatic rings. The summed E-state index contributed by atoms with van der Waals surface area (Å²) in [5.74, 6) is -3.14. The lowest BCUT2D eigenvalue weighted by atomic mass is 10.2. The van der Waals surface area contributed by atoms with Gasteiger partial charge in [-0.05, 0) is 13.8 Å². The second kappa shape index (κ2) is 7.44. The fraction of sp³-hybridized carbons (Fsp3) is 0.500. The van der Waals surface area contributed by atoms with E-state index in [0.29, 0.717) is 0 Å². The lowest BCUT2D eigenvalue weighted by Gasteiger charge is -2.02. The molecule has 0 aromatic carbocycles. The zero-order chi connectivity index (χ0) is 12.6. The lowest BCUT2D eigenvalue weighted by Crippen LogP contribution is -2.20. The van der Waals surface area contributed by atoms with Crippen LogP contribution in [0.25, 0.3) is 0 Å². The highest BCUT2D eigenvalue weighted by molar-refractivity contribution is 6.29. The number of carbonyl (C=O) groups is 3. The molecule has 0 unspecified atom stereocenters. The second-order valence-corrected chi connectivity index (χ2v) is 2.84. The summed E-state index contributed by atoms with van der Waals surface area (Å²) < 4.78 is 8.93. The van der Waals surface area contributed by atoms with Gasteiger partial charge in [-0.2, -0.15) is 0 Å². The summed E-state index contributed by atoms with van der Waals surface area (Å²) in [4.78, 5) is 32.0. The Morgan fingerprint density at radius 3 is 2.25 bits per heavy atom. The summed E-state index contributed by atoms with van der Waals surface area (Å²) in [6.07, 6.45) is 1.64. The zero-order valence-electron chi connectivity index (χ0n) is 9.19. The monoisotopic (exact) mass is 230 g/mol. The molecule has 0 aromatic heterocycles. The van der Waals surface area contributed by atoms with E-state index in [1.165, 1.54) is 13.0 Å². The minimum atomic E-state index is -1.07. The van der Waals surface area contributed by atoms with E-state index in [2.05, 4.69) is 9.47 Å². The van der Waals surface area contributed by atoms with Crippen LogP contribution < -0.4 is 0 Å². The summed E-state index contributed by atoms with van der Waals surface area (Å²) in [7, 11) is 0. The van der Waals surface area contributed by atoms with Gasteiger partial charge < -0.3 is 14.6 Å². The fourth-order valence-corrected chi connectivity index (χ4v) is 0.763. The summed E-state index contributed by atoms with van der Waals surface area (Å²) in [6, 6.07) is 0. The minimum absolute atomic E-state index is 0.0533. The summed E-state index contributed by atoms with van der Waals surface area (Å²) >= 11 is 0. The fourth-order valence-electron chi connectivity index (χ4n) is 0.763. The second-order valence-electron chi connectivity index (χ2n) is 2.84. The van der Waals surface area contributed by atoms with Crippen molar-refractivity contribution in [2.24, 2.45) is 0 Å². The van der Waals surface area contributed by atoms with Crippen LogP contribution in [0.1, 0.15) is 20.3 Å². The molecule has 90 valence electrons. The normalized spacial score (nSPS) is 10.8. The van der Waals surface area contributed by atoms with Crippen molar-refractivity contribution in [3.8, 4) is 0 Å². The first-order valence-electron chi connectivity index (χ1n) is 4.73. The van der Waals surface area contributed by atoms with Crippen LogP contribution in [0.15, 0.2) is 11.6 Å². The molecular formula is C10H14O6. The molecule has 0 saturated carbocycles. The summed E-state index contributed by atoms with van der Waals surface area (Å²) in [6.45, 7) is 3.05. The first kappa shape index (κ1) is 14.2. The minimum Gasteiger partial charge on any atom is -0.478 e. The number of rotatable bonds is 5. The van der Waals surface area contributed by atoms with Gasteiger partial charge in [-0.15, -0.1) is 0 Å². The van der Waals surface area contributed by atoms with E-state index in [1.54, 1.807) is 6.92 Å². The maximum absolute atomic E-state index is 10.9. The van der Waals surface area contributed by atoms with Gasteiger partial charge in [0.25, 0.3) is 0 Å². The third-order valence-corrected chi connectivity index (χ3v) is 1.58. The molecule has 0 amide bonds. The van der Waals surface area contributed by atoms with E-state index >= 15 is 0 Å².